The topological polar surface area (TPSA) is 52.1 Å². The monoisotopic (exact) mass is 432 g/mol. The van der Waals surface area contributed by atoms with Crippen LogP contribution in [0, 0.1) is 5.41 Å². The molecule has 3 saturated carbocycles. The molecule has 3 fully saturated rings. The van der Waals surface area contributed by atoms with Crippen LogP contribution in [0.1, 0.15) is 90.0 Å². The van der Waals surface area contributed by atoms with E-state index in [9.17, 15) is 4.79 Å². The zero-order chi connectivity index (χ0) is 22.4. The van der Waals surface area contributed by atoms with Crippen molar-refractivity contribution in [2.75, 3.05) is 0 Å². The maximum absolute atomic E-state index is 11.9. The summed E-state index contributed by atoms with van der Waals surface area (Å²) in [6.07, 6.45) is 20.4. The highest BCUT2D eigenvalue weighted by Crippen LogP contribution is 2.59. The Morgan fingerprint density at radius 2 is 1.62 bits per heavy atom. The zero-order valence-corrected chi connectivity index (χ0v) is 19.6. The number of unbranched alkanes of at least 4 members (excludes halogenated alkanes) is 2. The van der Waals surface area contributed by atoms with E-state index in [0.29, 0.717) is 22.4 Å². The summed E-state index contributed by atoms with van der Waals surface area (Å²) in [5, 5.41) is 0. The van der Waals surface area contributed by atoms with Crippen LogP contribution >= 0.6 is 0 Å². The third-order valence-corrected chi connectivity index (χ3v) is 7.76. The first-order valence-electron chi connectivity index (χ1n) is 12.4. The molecule has 2 aromatic rings. The van der Waals surface area contributed by atoms with Crippen molar-refractivity contribution in [1.29, 1.82) is 0 Å². The molecule has 1 aromatic carbocycles. The molecular weight excluding hydrogens is 396 g/mol. The third kappa shape index (κ3) is 4.95. The number of rotatable bonds is 9. The van der Waals surface area contributed by atoms with E-state index in [1.54, 1.807) is 12.4 Å². The molecule has 2 bridgehead atoms. The molecule has 170 valence electrons. The van der Waals surface area contributed by atoms with Gasteiger partial charge in [0.05, 0.1) is 12.4 Å². The van der Waals surface area contributed by atoms with Gasteiger partial charge in [-0.2, -0.15) is 0 Å². The Bertz CT molecular complexity index is 906. The summed E-state index contributed by atoms with van der Waals surface area (Å²) in [6, 6.07) is 8.85. The van der Waals surface area contributed by atoms with Gasteiger partial charge < -0.3 is 4.74 Å². The molecule has 3 aliphatic carbocycles. The maximum Gasteiger partial charge on any atom is 0.335 e. The summed E-state index contributed by atoms with van der Waals surface area (Å²) < 4.78 is 5.29. The van der Waals surface area contributed by atoms with Gasteiger partial charge in [-0.15, -0.1) is 0 Å². The number of hydrogen-bond donors (Lipinski definition) is 0. The Labute approximate surface area is 192 Å². The lowest BCUT2D eigenvalue weighted by Crippen LogP contribution is -2.44. The van der Waals surface area contributed by atoms with Crippen molar-refractivity contribution in [3.8, 4) is 17.1 Å². The van der Waals surface area contributed by atoms with Crippen molar-refractivity contribution in [2.45, 2.75) is 89.9 Å². The minimum atomic E-state index is -0.385. The van der Waals surface area contributed by atoms with Crippen LogP contribution in [0.3, 0.4) is 0 Å². The van der Waals surface area contributed by atoms with E-state index in [1.807, 2.05) is 6.08 Å². The van der Waals surface area contributed by atoms with Crippen molar-refractivity contribution < 1.29 is 9.53 Å². The summed E-state index contributed by atoms with van der Waals surface area (Å²) in [6.45, 7) is 4.45. The standard InChI is InChI=1S/C28H36N2O2/c1-3-5-6-7-8-25(31)32-24-20-29-26(30-21-24)22-9-11-23(12-10-22)28-17-14-27(13-4-2,15-18-28)16-19-28/h7-12,20-21H,3-6,13-19H2,1-2H3/b8-7+. The highest BCUT2D eigenvalue weighted by Gasteiger charge is 2.48. The van der Waals surface area contributed by atoms with E-state index in [1.165, 1.54) is 63.0 Å². The van der Waals surface area contributed by atoms with Gasteiger partial charge in [0.15, 0.2) is 11.6 Å². The number of carbonyl (C=O) groups excluding carboxylic acids is 1. The number of esters is 1. The van der Waals surface area contributed by atoms with Crippen LogP contribution in [0.4, 0.5) is 0 Å². The van der Waals surface area contributed by atoms with Crippen LogP contribution in [-0.2, 0) is 10.2 Å². The van der Waals surface area contributed by atoms with Gasteiger partial charge in [0.2, 0.25) is 0 Å². The molecule has 0 unspecified atom stereocenters. The normalized spacial score (nSPS) is 24.7. The van der Waals surface area contributed by atoms with Crippen molar-refractivity contribution in [1.82, 2.24) is 9.97 Å². The molecule has 32 heavy (non-hydrogen) atoms. The van der Waals surface area contributed by atoms with E-state index in [0.717, 1.165) is 24.8 Å². The molecule has 4 heteroatoms. The average Bonchev–Trinajstić information content (AvgIpc) is 2.84. The zero-order valence-electron chi connectivity index (χ0n) is 19.6. The number of aromatic nitrogens is 2. The lowest BCUT2D eigenvalue weighted by Gasteiger charge is -2.54. The van der Waals surface area contributed by atoms with Crippen molar-refractivity contribution in [3.05, 3.63) is 54.4 Å². The summed E-state index contributed by atoms with van der Waals surface area (Å²) in [4.78, 5) is 20.7. The predicted octanol–water partition coefficient (Wildman–Crippen LogP) is 7.19. The van der Waals surface area contributed by atoms with E-state index >= 15 is 0 Å². The van der Waals surface area contributed by atoms with E-state index in [4.69, 9.17) is 4.74 Å². The van der Waals surface area contributed by atoms with Gasteiger partial charge in [0, 0.05) is 11.6 Å². The number of ether oxygens (including phenoxy) is 1. The Morgan fingerprint density at radius 1 is 0.969 bits per heavy atom. The lowest BCUT2D eigenvalue weighted by molar-refractivity contribution is -0.129. The smallest absolute Gasteiger partial charge is 0.335 e. The largest absolute Gasteiger partial charge is 0.420 e. The van der Waals surface area contributed by atoms with Crippen molar-refractivity contribution in [2.24, 2.45) is 5.41 Å². The molecule has 0 N–H and O–H groups in total. The minimum absolute atomic E-state index is 0.370. The van der Waals surface area contributed by atoms with Crippen molar-refractivity contribution in [3.63, 3.8) is 0 Å². The van der Waals surface area contributed by atoms with E-state index < -0.39 is 0 Å². The Morgan fingerprint density at radius 3 is 2.22 bits per heavy atom. The van der Waals surface area contributed by atoms with Gasteiger partial charge >= 0.3 is 5.97 Å². The molecule has 5 rings (SSSR count). The SMILES string of the molecule is CCCC/C=C/C(=O)Oc1cnc(-c2ccc(C34CCC(CCC)(CC3)CC4)cc2)nc1. The molecule has 0 saturated heterocycles. The second kappa shape index (κ2) is 9.97. The van der Waals surface area contributed by atoms with E-state index in [-0.39, 0.29) is 5.97 Å². The molecule has 1 aromatic heterocycles. The Balaban J connectivity index is 1.37. The fourth-order valence-corrected chi connectivity index (χ4v) is 5.74. The molecule has 3 aliphatic rings. The minimum Gasteiger partial charge on any atom is -0.420 e. The van der Waals surface area contributed by atoms with Crippen LogP contribution in [0.5, 0.6) is 5.75 Å². The Hall–Kier alpha value is -2.49. The van der Waals surface area contributed by atoms with E-state index in [2.05, 4.69) is 48.1 Å². The number of fused-ring (bicyclic) bond motifs is 3. The molecule has 0 radical (unpaired) electrons. The quantitative estimate of drug-likeness (QED) is 0.239. The molecule has 0 atom stereocenters. The molecule has 0 amide bonds. The van der Waals surface area contributed by atoms with Crippen molar-refractivity contribution >= 4 is 5.97 Å². The lowest BCUT2D eigenvalue weighted by atomic mass is 9.51. The van der Waals surface area contributed by atoms with Crippen LogP contribution in [0.15, 0.2) is 48.8 Å². The van der Waals surface area contributed by atoms with Gasteiger partial charge in [-0.05, 0) is 67.8 Å². The summed E-state index contributed by atoms with van der Waals surface area (Å²) >= 11 is 0. The first kappa shape index (κ1) is 22.7. The van der Waals surface area contributed by atoms with Crippen LogP contribution < -0.4 is 4.74 Å². The van der Waals surface area contributed by atoms with Gasteiger partial charge in [-0.25, -0.2) is 14.8 Å². The predicted molar refractivity (Wildman–Crippen MR) is 128 cm³/mol. The van der Waals surface area contributed by atoms with Crippen LogP contribution in [0.25, 0.3) is 11.4 Å². The van der Waals surface area contributed by atoms with Gasteiger partial charge in [-0.1, -0.05) is 63.5 Å². The van der Waals surface area contributed by atoms with Gasteiger partial charge in [0.25, 0.3) is 0 Å². The second-order valence-electron chi connectivity index (χ2n) is 9.82. The molecule has 4 nitrogen and oxygen atoms in total. The fraction of sp³-hybridized carbons (Fsp3) is 0.536. The number of hydrogen-bond acceptors (Lipinski definition) is 4. The number of allylic oxidation sites excluding steroid dienone is 1. The fourth-order valence-electron chi connectivity index (χ4n) is 5.74. The highest BCUT2D eigenvalue weighted by atomic mass is 16.5. The van der Waals surface area contributed by atoms with Gasteiger partial charge in [-0.3, -0.25) is 0 Å². The third-order valence-electron chi connectivity index (χ3n) is 7.76. The number of nitrogens with zero attached hydrogens (tertiary/aromatic N) is 2. The van der Waals surface area contributed by atoms with Gasteiger partial charge in [0.1, 0.15) is 0 Å². The molecular formula is C28H36N2O2. The molecule has 0 aliphatic heterocycles. The van der Waals surface area contributed by atoms with Crippen LogP contribution in [-0.4, -0.2) is 15.9 Å². The Kier molecular flexibility index (Phi) is 7.07. The first-order chi connectivity index (χ1) is 15.6. The highest BCUT2D eigenvalue weighted by molar-refractivity contribution is 5.83. The first-order valence-corrected chi connectivity index (χ1v) is 12.4. The van der Waals surface area contributed by atoms with Crippen LogP contribution in [0.2, 0.25) is 0 Å². The average molecular weight is 433 g/mol. The second-order valence-corrected chi connectivity index (χ2v) is 9.82. The summed E-state index contributed by atoms with van der Waals surface area (Å²) in [7, 11) is 0. The molecule has 1 heterocycles. The summed E-state index contributed by atoms with van der Waals surface area (Å²) in [5.41, 5.74) is 3.49. The summed E-state index contributed by atoms with van der Waals surface area (Å²) in [5.74, 6) is 0.639. The number of benzene rings is 1. The molecule has 0 spiro atoms. The number of carbonyl (C=O) groups is 1. The maximum atomic E-state index is 11.9.